The van der Waals surface area contributed by atoms with Crippen LogP contribution in [0.4, 0.5) is 0 Å². The molecule has 2 rings (SSSR count). The van der Waals surface area contributed by atoms with E-state index in [0.29, 0.717) is 5.92 Å². The highest BCUT2D eigenvalue weighted by molar-refractivity contribution is 5.43. The Balaban J connectivity index is 1.47. The van der Waals surface area contributed by atoms with Crippen LogP contribution in [0.25, 0.3) is 5.69 Å². The Labute approximate surface area is 199 Å². The molecule has 1 aromatic heterocycles. The molecule has 0 unspecified atom stereocenters. The van der Waals surface area contributed by atoms with Crippen molar-refractivity contribution in [3.63, 3.8) is 0 Å². The van der Waals surface area contributed by atoms with Gasteiger partial charge in [-0.05, 0) is 30.4 Å². The lowest BCUT2D eigenvalue weighted by atomic mass is 9.89. The summed E-state index contributed by atoms with van der Waals surface area (Å²) < 4.78 is 2.16. The van der Waals surface area contributed by atoms with E-state index in [0.717, 1.165) is 0 Å². The molecule has 0 aliphatic carbocycles. The number of rotatable bonds is 20. The van der Waals surface area contributed by atoms with Crippen molar-refractivity contribution < 1.29 is 0 Å². The summed E-state index contributed by atoms with van der Waals surface area (Å²) in [6.07, 6.45) is 31.3. The number of hydrogen-bond acceptors (Lipinski definition) is 1. The summed E-state index contributed by atoms with van der Waals surface area (Å²) >= 11 is 0. The zero-order chi connectivity index (χ0) is 22.7. The van der Waals surface area contributed by atoms with Crippen LogP contribution in [-0.4, -0.2) is 9.55 Å². The molecule has 0 saturated carbocycles. The molecule has 0 N–H and O–H groups in total. The van der Waals surface area contributed by atoms with Gasteiger partial charge in [-0.25, -0.2) is 4.98 Å². The van der Waals surface area contributed by atoms with Crippen LogP contribution in [0, 0.1) is 0 Å². The van der Waals surface area contributed by atoms with Gasteiger partial charge in [0, 0.05) is 18.1 Å². The third kappa shape index (κ3) is 10.8. The molecule has 2 nitrogen and oxygen atoms in total. The Hall–Kier alpha value is -1.57. The van der Waals surface area contributed by atoms with Gasteiger partial charge >= 0.3 is 0 Å². The second-order valence-electron chi connectivity index (χ2n) is 9.73. The number of imidazole rings is 1. The van der Waals surface area contributed by atoms with Crippen LogP contribution in [0.5, 0.6) is 0 Å². The van der Waals surface area contributed by atoms with Gasteiger partial charge in [0.2, 0.25) is 0 Å². The summed E-state index contributed by atoms with van der Waals surface area (Å²) in [5, 5.41) is 0. The van der Waals surface area contributed by atoms with Crippen LogP contribution in [-0.2, 0) is 0 Å². The molecule has 2 heteroatoms. The van der Waals surface area contributed by atoms with Crippen LogP contribution in [0.2, 0.25) is 0 Å². The van der Waals surface area contributed by atoms with E-state index < -0.39 is 0 Å². The molecule has 0 amide bonds. The standard InChI is InChI=1S/C30H50N2/c1-3-5-6-7-8-9-10-11-12-13-14-15-16-17-18-19-22-28(4-2)29-23-20-21-24-30(29)32-26-25-31-27-32/h20-21,23-28H,3-19,22H2,1-2H3/t28-/m0/s1. The summed E-state index contributed by atoms with van der Waals surface area (Å²) in [5.74, 6) is 0.653. The van der Waals surface area contributed by atoms with Crippen LogP contribution < -0.4 is 0 Å². The molecule has 1 atom stereocenters. The molecule has 1 aromatic carbocycles. The lowest BCUT2D eigenvalue weighted by molar-refractivity contribution is 0.510. The normalized spacial score (nSPS) is 12.3. The first kappa shape index (κ1) is 26.7. The highest BCUT2D eigenvalue weighted by Crippen LogP contribution is 2.30. The van der Waals surface area contributed by atoms with Crippen molar-refractivity contribution in [2.24, 2.45) is 0 Å². The van der Waals surface area contributed by atoms with Gasteiger partial charge in [0.15, 0.2) is 0 Å². The highest BCUT2D eigenvalue weighted by atomic mass is 15.0. The zero-order valence-electron chi connectivity index (χ0n) is 21.2. The quantitative estimate of drug-likeness (QED) is 0.188. The fraction of sp³-hybridized carbons (Fsp3) is 0.700. The molecule has 1 heterocycles. The van der Waals surface area contributed by atoms with Crippen molar-refractivity contribution in [1.82, 2.24) is 9.55 Å². The first-order valence-electron chi connectivity index (χ1n) is 13.9. The van der Waals surface area contributed by atoms with Gasteiger partial charge in [0.25, 0.3) is 0 Å². The third-order valence-corrected chi connectivity index (χ3v) is 7.06. The topological polar surface area (TPSA) is 17.8 Å². The van der Waals surface area contributed by atoms with Crippen LogP contribution >= 0.6 is 0 Å². The van der Waals surface area contributed by atoms with Crippen molar-refractivity contribution in [3.8, 4) is 5.69 Å². The summed E-state index contributed by atoms with van der Waals surface area (Å²) in [6, 6.07) is 8.87. The van der Waals surface area contributed by atoms with E-state index in [1.54, 1.807) is 0 Å². The molecular weight excluding hydrogens is 388 g/mol. The second-order valence-corrected chi connectivity index (χ2v) is 9.73. The fourth-order valence-corrected chi connectivity index (χ4v) is 4.99. The molecule has 0 radical (unpaired) electrons. The van der Waals surface area contributed by atoms with E-state index in [9.17, 15) is 0 Å². The van der Waals surface area contributed by atoms with E-state index in [4.69, 9.17) is 0 Å². The first-order chi connectivity index (χ1) is 15.9. The van der Waals surface area contributed by atoms with E-state index >= 15 is 0 Å². The largest absolute Gasteiger partial charge is 0.306 e. The maximum Gasteiger partial charge on any atom is 0.0991 e. The van der Waals surface area contributed by atoms with Crippen LogP contribution in [0.15, 0.2) is 43.0 Å². The zero-order valence-corrected chi connectivity index (χ0v) is 21.2. The summed E-state index contributed by atoms with van der Waals surface area (Å²) in [5.41, 5.74) is 2.78. The summed E-state index contributed by atoms with van der Waals surface area (Å²) in [7, 11) is 0. The molecule has 0 spiro atoms. The maximum absolute atomic E-state index is 4.24. The molecule has 0 aliphatic heterocycles. The predicted molar refractivity (Wildman–Crippen MR) is 141 cm³/mol. The molecule has 180 valence electrons. The maximum atomic E-state index is 4.24. The van der Waals surface area contributed by atoms with Crippen molar-refractivity contribution in [2.75, 3.05) is 0 Å². The fourth-order valence-electron chi connectivity index (χ4n) is 4.99. The Bertz CT molecular complexity index is 661. The molecule has 0 saturated heterocycles. The van der Waals surface area contributed by atoms with E-state index in [1.807, 2.05) is 12.5 Å². The monoisotopic (exact) mass is 438 g/mol. The van der Waals surface area contributed by atoms with Gasteiger partial charge in [-0.15, -0.1) is 0 Å². The molecule has 0 aliphatic rings. The summed E-state index contributed by atoms with van der Waals surface area (Å²) in [6.45, 7) is 4.63. The number of nitrogens with zero attached hydrogens (tertiary/aromatic N) is 2. The molecular formula is C30H50N2. The minimum atomic E-state index is 0.653. The Morgan fingerprint density at radius 2 is 1.22 bits per heavy atom. The number of para-hydroxylation sites is 1. The smallest absolute Gasteiger partial charge is 0.0991 e. The minimum absolute atomic E-state index is 0.653. The number of aromatic nitrogens is 2. The minimum Gasteiger partial charge on any atom is -0.306 e. The van der Waals surface area contributed by atoms with E-state index in [1.165, 1.54) is 127 Å². The average molecular weight is 439 g/mol. The van der Waals surface area contributed by atoms with Crippen LogP contribution in [0.1, 0.15) is 141 Å². The highest BCUT2D eigenvalue weighted by Gasteiger charge is 2.14. The van der Waals surface area contributed by atoms with Crippen molar-refractivity contribution in [3.05, 3.63) is 48.5 Å². The lowest BCUT2D eigenvalue weighted by Crippen LogP contribution is -2.04. The van der Waals surface area contributed by atoms with Gasteiger partial charge in [0.1, 0.15) is 0 Å². The van der Waals surface area contributed by atoms with E-state index in [-0.39, 0.29) is 0 Å². The third-order valence-electron chi connectivity index (χ3n) is 7.06. The second kappa shape index (κ2) is 17.9. The van der Waals surface area contributed by atoms with Crippen LogP contribution in [0.3, 0.4) is 0 Å². The van der Waals surface area contributed by atoms with Crippen molar-refractivity contribution >= 4 is 0 Å². The average Bonchev–Trinajstić information content (AvgIpc) is 3.36. The molecule has 0 bridgehead atoms. The van der Waals surface area contributed by atoms with Gasteiger partial charge < -0.3 is 4.57 Å². The van der Waals surface area contributed by atoms with Gasteiger partial charge in [-0.3, -0.25) is 0 Å². The van der Waals surface area contributed by atoms with Gasteiger partial charge in [0.05, 0.1) is 6.33 Å². The number of hydrogen-bond donors (Lipinski definition) is 0. The number of benzene rings is 1. The molecule has 2 aromatic rings. The van der Waals surface area contributed by atoms with E-state index in [2.05, 4.69) is 53.9 Å². The lowest BCUT2D eigenvalue weighted by Gasteiger charge is -2.19. The predicted octanol–water partition coefficient (Wildman–Crippen LogP) is 10.0. The van der Waals surface area contributed by atoms with Gasteiger partial charge in [-0.1, -0.05) is 135 Å². The van der Waals surface area contributed by atoms with Gasteiger partial charge in [-0.2, -0.15) is 0 Å². The SMILES string of the molecule is CCCCCCCCCCCCCCCCCC[C@H](CC)c1ccccc1-n1ccnc1. The Morgan fingerprint density at radius 3 is 1.72 bits per heavy atom. The summed E-state index contributed by atoms with van der Waals surface area (Å²) in [4.78, 5) is 4.24. The van der Waals surface area contributed by atoms with Crippen molar-refractivity contribution in [2.45, 2.75) is 135 Å². The Kier molecular flexibility index (Phi) is 14.9. The molecule has 32 heavy (non-hydrogen) atoms. The number of unbranched alkanes of at least 4 members (excludes halogenated alkanes) is 15. The Morgan fingerprint density at radius 1 is 0.688 bits per heavy atom. The van der Waals surface area contributed by atoms with Crippen molar-refractivity contribution in [1.29, 1.82) is 0 Å². The first-order valence-corrected chi connectivity index (χ1v) is 13.9. The molecule has 0 fully saturated rings.